The first-order valence-corrected chi connectivity index (χ1v) is 9.21. The first-order chi connectivity index (χ1) is 12.6. The van der Waals surface area contributed by atoms with E-state index in [9.17, 15) is 18.4 Å². The molecule has 3 rings (SSSR count). The summed E-state index contributed by atoms with van der Waals surface area (Å²) in [4.78, 5) is 27.2. The number of fused-ring (bicyclic) bond motifs is 2. The summed E-state index contributed by atoms with van der Waals surface area (Å²) in [5.41, 5.74) is -0.869. The van der Waals surface area contributed by atoms with Gasteiger partial charge in [0.1, 0.15) is 12.2 Å². The van der Waals surface area contributed by atoms with E-state index in [2.05, 4.69) is 0 Å². The van der Waals surface area contributed by atoms with E-state index in [0.717, 1.165) is 6.42 Å². The van der Waals surface area contributed by atoms with Crippen molar-refractivity contribution in [1.82, 2.24) is 9.80 Å². The molecule has 152 valence electrons. The molecule has 7 nitrogen and oxygen atoms in total. The Morgan fingerprint density at radius 2 is 2.00 bits per heavy atom. The molecule has 9 heteroatoms. The average molecular weight is 388 g/mol. The molecule has 0 aromatic heterocycles. The van der Waals surface area contributed by atoms with Crippen LogP contribution in [-0.2, 0) is 14.2 Å². The van der Waals surface area contributed by atoms with Gasteiger partial charge in [-0.2, -0.15) is 8.78 Å². The van der Waals surface area contributed by atoms with Crippen LogP contribution in [0, 0.1) is 5.92 Å². The number of rotatable bonds is 2. The first kappa shape index (κ1) is 19.9. The Bertz CT molecular complexity index is 630. The highest BCUT2D eigenvalue weighted by Gasteiger charge is 2.42. The summed E-state index contributed by atoms with van der Waals surface area (Å²) in [6.07, 6.45) is -1.80. The molecule has 2 bridgehead atoms. The molecule has 3 atom stereocenters. The second kappa shape index (κ2) is 7.61. The Hall–Kier alpha value is -1.90. The van der Waals surface area contributed by atoms with Gasteiger partial charge in [-0.15, -0.1) is 0 Å². The number of hydrogen-bond donors (Lipinski definition) is 0. The lowest BCUT2D eigenvalue weighted by Gasteiger charge is -2.35. The molecule has 3 heterocycles. The molecule has 27 heavy (non-hydrogen) atoms. The number of nitrogens with zero attached hydrogens (tertiary/aromatic N) is 2. The van der Waals surface area contributed by atoms with E-state index in [-0.39, 0.29) is 43.8 Å². The second-order valence-corrected chi connectivity index (χ2v) is 8.25. The number of morpholine rings is 1. The molecule has 0 aliphatic carbocycles. The highest BCUT2D eigenvalue weighted by molar-refractivity contribution is 5.69. The van der Waals surface area contributed by atoms with E-state index in [1.807, 2.05) is 0 Å². The molecule has 0 aromatic carbocycles. The fourth-order valence-corrected chi connectivity index (χ4v) is 3.66. The minimum Gasteiger partial charge on any atom is -0.449 e. The van der Waals surface area contributed by atoms with Crippen molar-refractivity contribution in [2.24, 2.45) is 5.92 Å². The molecule has 1 unspecified atom stereocenters. The summed E-state index contributed by atoms with van der Waals surface area (Å²) in [6.45, 7) is 6.08. The van der Waals surface area contributed by atoms with Gasteiger partial charge in [0, 0.05) is 18.0 Å². The monoisotopic (exact) mass is 388 g/mol. The molecule has 0 N–H and O–H groups in total. The van der Waals surface area contributed by atoms with E-state index in [1.165, 1.54) is 4.90 Å². The van der Waals surface area contributed by atoms with E-state index in [0.29, 0.717) is 13.2 Å². The molecule has 3 aliphatic heterocycles. The van der Waals surface area contributed by atoms with Crippen LogP contribution in [0.5, 0.6) is 0 Å². The number of carbonyl (C=O) groups is 2. The minimum atomic E-state index is -1.84. The number of halogens is 2. The van der Waals surface area contributed by atoms with Gasteiger partial charge < -0.3 is 24.0 Å². The molecule has 3 aliphatic rings. The van der Waals surface area contributed by atoms with Crippen LogP contribution in [0.15, 0.2) is 11.7 Å². The van der Waals surface area contributed by atoms with Crippen molar-refractivity contribution >= 4 is 12.2 Å². The largest absolute Gasteiger partial charge is 0.449 e. The van der Waals surface area contributed by atoms with Crippen molar-refractivity contribution in [3.8, 4) is 0 Å². The quantitative estimate of drug-likeness (QED) is 0.727. The van der Waals surface area contributed by atoms with Gasteiger partial charge in [0.05, 0.1) is 31.8 Å². The fourth-order valence-electron chi connectivity index (χ4n) is 3.66. The van der Waals surface area contributed by atoms with E-state index < -0.39 is 29.8 Å². The van der Waals surface area contributed by atoms with E-state index in [4.69, 9.17) is 14.2 Å². The van der Waals surface area contributed by atoms with Gasteiger partial charge in [0.2, 0.25) is 0 Å². The van der Waals surface area contributed by atoms with Crippen LogP contribution in [0.3, 0.4) is 0 Å². The molecule has 0 radical (unpaired) electrons. The Morgan fingerprint density at radius 3 is 2.56 bits per heavy atom. The molecular formula is C18H26F2N2O5. The Kier molecular flexibility index (Phi) is 5.60. The number of hydrogen-bond acceptors (Lipinski definition) is 5. The molecule has 2 amide bonds. The summed E-state index contributed by atoms with van der Waals surface area (Å²) < 4.78 is 42.8. The van der Waals surface area contributed by atoms with Crippen molar-refractivity contribution in [2.75, 3.05) is 32.8 Å². The lowest BCUT2D eigenvalue weighted by Crippen LogP contribution is -2.45. The van der Waals surface area contributed by atoms with Gasteiger partial charge in [0.25, 0.3) is 6.08 Å². The molecule has 0 saturated carbocycles. The summed E-state index contributed by atoms with van der Waals surface area (Å²) >= 11 is 0. The van der Waals surface area contributed by atoms with Crippen molar-refractivity contribution in [1.29, 1.82) is 0 Å². The Balaban J connectivity index is 1.54. The topological polar surface area (TPSA) is 68.3 Å². The van der Waals surface area contributed by atoms with E-state index >= 15 is 0 Å². The molecule has 3 saturated heterocycles. The third kappa shape index (κ3) is 4.69. The lowest BCUT2D eigenvalue weighted by molar-refractivity contribution is 0.0122. The van der Waals surface area contributed by atoms with Gasteiger partial charge in [-0.05, 0) is 33.6 Å². The maximum absolute atomic E-state index is 13.4. The summed E-state index contributed by atoms with van der Waals surface area (Å²) in [5.74, 6) is -0.603. The fraction of sp³-hybridized carbons (Fsp3) is 0.778. The smallest absolute Gasteiger partial charge is 0.410 e. The highest BCUT2D eigenvalue weighted by atomic mass is 19.3. The first-order valence-electron chi connectivity index (χ1n) is 9.21. The number of carbonyl (C=O) groups excluding carboxylic acids is 2. The Labute approximate surface area is 157 Å². The van der Waals surface area contributed by atoms with Crippen molar-refractivity contribution < 1.29 is 32.6 Å². The number of ether oxygens (including phenoxy) is 3. The summed E-state index contributed by atoms with van der Waals surface area (Å²) in [5, 5.41) is 0. The molecule has 0 spiro atoms. The third-order valence-electron chi connectivity index (χ3n) is 5.04. The average Bonchev–Trinajstić information content (AvgIpc) is 3.21. The van der Waals surface area contributed by atoms with Gasteiger partial charge in [-0.25, -0.2) is 9.59 Å². The van der Waals surface area contributed by atoms with E-state index in [1.54, 1.807) is 25.7 Å². The van der Waals surface area contributed by atoms with Gasteiger partial charge >= 0.3 is 12.2 Å². The van der Waals surface area contributed by atoms with Crippen molar-refractivity contribution in [2.45, 2.75) is 51.4 Å². The van der Waals surface area contributed by atoms with Crippen LogP contribution in [0.1, 0.15) is 33.6 Å². The van der Waals surface area contributed by atoms with Gasteiger partial charge in [-0.1, -0.05) is 0 Å². The standard InChI is InChI=1S/C18H26F2N2O5/c1-18(2,3)27-16(23)21-5-4-11(14(8-21)15(19)20)9-26-17(24)22-7-13-6-12(22)10-25-13/h11-13H,4-10H2,1-3H3/t11?,12-,13-/m1/s1. The highest BCUT2D eigenvalue weighted by Crippen LogP contribution is 2.31. The van der Waals surface area contributed by atoms with Crippen LogP contribution in [0.25, 0.3) is 0 Å². The lowest BCUT2D eigenvalue weighted by atomic mass is 9.93. The summed E-state index contributed by atoms with van der Waals surface area (Å²) in [6, 6.07) is 0.0180. The zero-order valence-electron chi connectivity index (χ0n) is 15.9. The van der Waals surface area contributed by atoms with Crippen LogP contribution >= 0.6 is 0 Å². The van der Waals surface area contributed by atoms with Crippen LogP contribution < -0.4 is 0 Å². The van der Waals surface area contributed by atoms with Crippen LogP contribution in [-0.4, -0.2) is 72.6 Å². The molecular weight excluding hydrogens is 362 g/mol. The maximum atomic E-state index is 13.4. The normalized spacial score (nSPS) is 27.7. The zero-order valence-corrected chi connectivity index (χ0v) is 15.9. The third-order valence-corrected chi connectivity index (χ3v) is 5.04. The van der Waals surface area contributed by atoms with Gasteiger partial charge in [-0.3, -0.25) is 0 Å². The molecule has 3 fully saturated rings. The Morgan fingerprint density at radius 1 is 1.26 bits per heavy atom. The van der Waals surface area contributed by atoms with Crippen molar-refractivity contribution in [3.63, 3.8) is 0 Å². The summed E-state index contributed by atoms with van der Waals surface area (Å²) in [7, 11) is 0. The predicted octanol–water partition coefficient (Wildman–Crippen LogP) is 3.00. The predicted molar refractivity (Wildman–Crippen MR) is 91.4 cm³/mol. The SMILES string of the molecule is CC(C)(C)OC(=O)N1CCC(COC(=O)N2C[C@H]3C[C@@H]2CO3)C(=C(F)F)C1. The zero-order chi connectivity index (χ0) is 19.8. The van der Waals surface area contributed by atoms with Gasteiger partial charge in [0.15, 0.2) is 0 Å². The number of amides is 2. The number of piperidine rings is 1. The number of likely N-dealkylation sites (tertiary alicyclic amines) is 2. The molecule has 0 aromatic rings. The minimum absolute atomic E-state index is 0.0180. The van der Waals surface area contributed by atoms with Crippen LogP contribution in [0.2, 0.25) is 0 Å². The van der Waals surface area contributed by atoms with Crippen molar-refractivity contribution in [3.05, 3.63) is 11.7 Å². The second-order valence-electron chi connectivity index (χ2n) is 8.25. The maximum Gasteiger partial charge on any atom is 0.410 e. The van der Waals surface area contributed by atoms with Crippen LogP contribution in [0.4, 0.5) is 18.4 Å².